The number of nitrogens with zero attached hydrogens (tertiary/aromatic N) is 1. The van der Waals surface area contributed by atoms with E-state index >= 15 is 8.78 Å². The first kappa shape index (κ1) is 27.8. The van der Waals surface area contributed by atoms with Gasteiger partial charge in [-0.25, -0.2) is 18.0 Å². The Morgan fingerprint density at radius 2 is 1.83 bits per heavy atom. The van der Waals surface area contributed by atoms with Crippen molar-refractivity contribution in [1.29, 1.82) is 0 Å². The Bertz CT molecular complexity index is 1210. The lowest BCUT2D eigenvalue weighted by atomic mass is 9.83. The van der Waals surface area contributed by atoms with E-state index < -0.39 is 37.4 Å². The summed E-state index contributed by atoms with van der Waals surface area (Å²) < 4.78 is 50.5. The van der Waals surface area contributed by atoms with Gasteiger partial charge >= 0.3 is 5.97 Å². The smallest absolute Gasteiger partial charge is 0.330 e. The summed E-state index contributed by atoms with van der Waals surface area (Å²) >= 11 is 0. The van der Waals surface area contributed by atoms with Crippen LogP contribution in [-0.4, -0.2) is 44.3 Å². The fourth-order valence-electron chi connectivity index (χ4n) is 4.45. The zero-order valence-electron chi connectivity index (χ0n) is 22.0. The standard InChI is InChI=1S/C29H34F3NO2Si/c1-19-14-22-15-20(12-13-36(5,6)7)8-10-23(22)28(33(19)18-29(2,3)32)27-24(30)16-21(17-25(27)31)9-11-26(34)35-4/h8-11,15-17,19,28H,14,18H2,1-7H3/b11-9+. The third kappa shape index (κ3) is 6.89. The Morgan fingerprint density at radius 3 is 2.39 bits per heavy atom. The molecule has 1 aliphatic rings. The molecule has 2 unspecified atom stereocenters. The topological polar surface area (TPSA) is 29.5 Å². The maximum atomic E-state index is 15.5. The number of benzene rings is 2. The van der Waals surface area contributed by atoms with E-state index in [1.165, 1.54) is 39.2 Å². The molecule has 1 heterocycles. The molecule has 1 aliphatic heterocycles. The van der Waals surface area contributed by atoms with Gasteiger partial charge < -0.3 is 4.74 Å². The van der Waals surface area contributed by atoms with Gasteiger partial charge in [-0.3, -0.25) is 4.90 Å². The Balaban J connectivity index is 2.15. The van der Waals surface area contributed by atoms with Crippen LogP contribution in [0.4, 0.5) is 13.2 Å². The summed E-state index contributed by atoms with van der Waals surface area (Å²) in [6.07, 6.45) is 3.02. The molecule has 0 aliphatic carbocycles. The fourth-order valence-corrected chi connectivity index (χ4v) is 4.97. The van der Waals surface area contributed by atoms with Crippen LogP contribution < -0.4 is 0 Å². The molecule has 36 heavy (non-hydrogen) atoms. The number of methoxy groups -OCH3 is 1. The second kappa shape index (κ2) is 10.7. The number of ether oxygens (including phenoxy) is 1. The highest BCUT2D eigenvalue weighted by Crippen LogP contribution is 2.41. The SMILES string of the molecule is COC(=O)/C=C/c1cc(F)c(C2c3ccc(C#C[Si](C)(C)C)cc3CC(C)N2CC(C)(C)F)c(F)c1. The molecule has 192 valence electrons. The second-order valence-corrected chi connectivity index (χ2v) is 15.8. The van der Waals surface area contributed by atoms with E-state index in [-0.39, 0.29) is 23.7 Å². The average molecular weight is 514 g/mol. The predicted molar refractivity (Wildman–Crippen MR) is 141 cm³/mol. The maximum absolute atomic E-state index is 15.5. The normalized spacial score (nSPS) is 18.5. The van der Waals surface area contributed by atoms with Gasteiger partial charge in [-0.1, -0.05) is 31.6 Å². The minimum Gasteiger partial charge on any atom is -0.466 e. The summed E-state index contributed by atoms with van der Waals surface area (Å²) in [4.78, 5) is 13.2. The van der Waals surface area contributed by atoms with E-state index in [1.54, 1.807) is 0 Å². The van der Waals surface area contributed by atoms with Crippen molar-refractivity contribution in [3.63, 3.8) is 0 Å². The summed E-state index contributed by atoms with van der Waals surface area (Å²) in [5.74, 6) is 1.12. The van der Waals surface area contributed by atoms with Gasteiger partial charge in [-0.2, -0.15) is 0 Å². The zero-order chi connectivity index (χ0) is 26.8. The van der Waals surface area contributed by atoms with Crippen molar-refractivity contribution in [2.45, 2.75) is 64.6 Å². The van der Waals surface area contributed by atoms with Crippen molar-refractivity contribution in [2.75, 3.05) is 13.7 Å². The Kier molecular flexibility index (Phi) is 8.22. The average Bonchev–Trinajstić information content (AvgIpc) is 2.76. The molecule has 2 aromatic rings. The van der Waals surface area contributed by atoms with Crippen LogP contribution in [0.1, 0.15) is 54.6 Å². The number of rotatable bonds is 5. The van der Waals surface area contributed by atoms with E-state index in [4.69, 9.17) is 0 Å². The van der Waals surface area contributed by atoms with E-state index in [0.717, 1.165) is 22.8 Å². The molecule has 3 rings (SSSR count). The van der Waals surface area contributed by atoms with E-state index in [2.05, 4.69) is 35.8 Å². The molecule has 0 fully saturated rings. The number of halogens is 3. The second-order valence-electron chi connectivity index (χ2n) is 11.0. The molecule has 0 N–H and O–H groups in total. The van der Waals surface area contributed by atoms with Crippen molar-refractivity contribution in [2.24, 2.45) is 0 Å². The van der Waals surface area contributed by atoms with Crippen LogP contribution in [0, 0.1) is 23.1 Å². The molecule has 0 radical (unpaired) electrons. The number of hydrogen-bond donors (Lipinski definition) is 0. The van der Waals surface area contributed by atoms with Gasteiger partial charge in [0.25, 0.3) is 0 Å². The number of carbonyl (C=O) groups excluding carboxylic acids is 1. The molecule has 2 aromatic carbocycles. The lowest BCUT2D eigenvalue weighted by Crippen LogP contribution is -2.48. The van der Waals surface area contributed by atoms with Crippen LogP contribution in [-0.2, 0) is 16.0 Å². The minimum absolute atomic E-state index is 0.0122. The van der Waals surface area contributed by atoms with Crippen molar-refractivity contribution < 1.29 is 22.7 Å². The third-order valence-corrected chi connectivity index (χ3v) is 6.85. The first-order valence-electron chi connectivity index (χ1n) is 12.0. The lowest BCUT2D eigenvalue weighted by Gasteiger charge is -2.44. The van der Waals surface area contributed by atoms with Crippen molar-refractivity contribution in [3.05, 3.63) is 75.9 Å². The molecule has 0 saturated carbocycles. The van der Waals surface area contributed by atoms with Crippen molar-refractivity contribution in [3.8, 4) is 11.5 Å². The summed E-state index contributed by atoms with van der Waals surface area (Å²) in [5, 5.41) is 0. The van der Waals surface area contributed by atoms with Gasteiger partial charge in [0.1, 0.15) is 25.4 Å². The largest absolute Gasteiger partial charge is 0.466 e. The summed E-state index contributed by atoms with van der Waals surface area (Å²) in [7, 11) is -0.351. The number of alkyl halides is 1. The lowest BCUT2D eigenvalue weighted by molar-refractivity contribution is -0.134. The fraction of sp³-hybridized carbons (Fsp3) is 0.414. The molecule has 0 amide bonds. The maximum Gasteiger partial charge on any atom is 0.330 e. The molecule has 0 spiro atoms. The predicted octanol–water partition coefficient (Wildman–Crippen LogP) is 6.46. The Hall–Kier alpha value is -2.82. The van der Waals surface area contributed by atoms with Crippen LogP contribution in [0.25, 0.3) is 6.08 Å². The molecule has 7 heteroatoms. The Labute approximate surface area is 213 Å². The van der Waals surface area contributed by atoms with Gasteiger partial charge in [0.2, 0.25) is 0 Å². The van der Waals surface area contributed by atoms with E-state index in [1.807, 2.05) is 30.0 Å². The highest BCUT2D eigenvalue weighted by atomic mass is 28.3. The van der Waals surface area contributed by atoms with Gasteiger partial charge in [-0.05, 0) is 74.2 Å². The van der Waals surface area contributed by atoms with E-state index in [9.17, 15) is 9.18 Å². The zero-order valence-corrected chi connectivity index (χ0v) is 23.0. The molecule has 0 aromatic heterocycles. The van der Waals surface area contributed by atoms with Gasteiger partial charge in [-0.15, -0.1) is 5.54 Å². The molecule has 2 atom stereocenters. The minimum atomic E-state index is -1.57. The van der Waals surface area contributed by atoms with E-state index in [0.29, 0.717) is 6.42 Å². The first-order valence-corrected chi connectivity index (χ1v) is 15.5. The highest BCUT2D eigenvalue weighted by Gasteiger charge is 2.39. The quantitative estimate of drug-likeness (QED) is 0.199. The molecule has 3 nitrogen and oxygen atoms in total. The van der Waals surface area contributed by atoms with Crippen LogP contribution in [0.2, 0.25) is 19.6 Å². The van der Waals surface area contributed by atoms with Gasteiger partial charge in [0.15, 0.2) is 0 Å². The monoisotopic (exact) mass is 513 g/mol. The number of carbonyl (C=O) groups is 1. The van der Waals surface area contributed by atoms with Crippen LogP contribution >= 0.6 is 0 Å². The van der Waals surface area contributed by atoms with Crippen molar-refractivity contribution in [1.82, 2.24) is 4.90 Å². The van der Waals surface area contributed by atoms with Gasteiger partial charge in [0, 0.05) is 29.8 Å². The molecule has 0 bridgehead atoms. The summed E-state index contributed by atoms with van der Waals surface area (Å²) in [6, 6.07) is 7.13. The molecular weight excluding hydrogens is 479 g/mol. The summed E-state index contributed by atoms with van der Waals surface area (Å²) in [6.45, 7) is 11.4. The van der Waals surface area contributed by atoms with Crippen LogP contribution in [0.5, 0.6) is 0 Å². The first-order chi connectivity index (χ1) is 16.7. The number of esters is 1. The molecule has 0 saturated heterocycles. The third-order valence-electron chi connectivity index (χ3n) is 5.98. The molecular formula is C29H34F3NO2Si. The highest BCUT2D eigenvalue weighted by molar-refractivity contribution is 6.83. The van der Waals surface area contributed by atoms with Crippen molar-refractivity contribution >= 4 is 20.1 Å². The Morgan fingerprint density at radius 1 is 1.19 bits per heavy atom. The number of hydrogen-bond acceptors (Lipinski definition) is 3. The summed E-state index contributed by atoms with van der Waals surface area (Å²) in [5.41, 5.74) is 4.41. The number of fused-ring (bicyclic) bond motifs is 1. The van der Waals surface area contributed by atoms with Crippen LogP contribution in [0.15, 0.2) is 36.4 Å². The van der Waals surface area contributed by atoms with Gasteiger partial charge in [0.05, 0.1) is 13.2 Å². The van der Waals surface area contributed by atoms with Crippen LogP contribution in [0.3, 0.4) is 0 Å².